The van der Waals surface area contributed by atoms with Gasteiger partial charge in [-0.25, -0.2) is 0 Å². The van der Waals surface area contributed by atoms with Crippen LogP contribution in [0.4, 0.5) is 22.0 Å². The predicted octanol–water partition coefficient (Wildman–Crippen LogP) is 6.07. The molecule has 0 aliphatic carbocycles. The van der Waals surface area contributed by atoms with Gasteiger partial charge in [0, 0.05) is 18.1 Å². The number of fused-ring (bicyclic) bond motifs is 1. The summed E-state index contributed by atoms with van der Waals surface area (Å²) in [5.74, 6) is -4.77. The minimum Gasteiger partial charge on any atom is -0.405 e. The monoisotopic (exact) mass is 534 g/mol. The first-order valence-electron chi connectivity index (χ1n) is 11.5. The van der Waals surface area contributed by atoms with Crippen molar-refractivity contribution in [1.82, 2.24) is 10.2 Å². The second-order valence-electron chi connectivity index (χ2n) is 8.84. The van der Waals surface area contributed by atoms with Crippen LogP contribution in [0.1, 0.15) is 61.6 Å². The minimum absolute atomic E-state index is 0.00792. The van der Waals surface area contributed by atoms with Gasteiger partial charge in [0.1, 0.15) is 17.8 Å². The van der Waals surface area contributed by atoms with Crippen molar-refractivity contribution in [2.24, 2.45) is 0 Å². The highest BCUT2D eigenvalue weighted by Gasteiger charge is 2.39. The molecule has 1 aliphatic heterocycles. The summed E-state index contributed by atoms with van der Waals surface area (Å²) in [6.45, 7) is 2.92. The third kappa shape index (κ3) is 6.94. The number of alkyl halides is 5. The van der Waals surface area contributed by atoms with E-state index in [4.69, 9.17) is 11.6 Å². The number of aliphatic hydroxyl groups is 1. The highest BCUT2D eigenvalue weighted by Crippen LogP contribution is 2.39. The molecule has 0 amide bonds. The zero-order valence-corrected chi connectivity index (χ0v) is 20.6. The lowest BCUT2D eigenvalue weighted by Gasteiger charge is -2.28. The Kier molecular flexibility index (Phi) is 8.97. The molecule has 2 aromatic rings. The fourth-order valence-corrected chi connectivity index (χ4v) is 4.53. The van der Waals surface area contributed by atoms with Gasteiger partial charge >= 0.3 is 6.36 Å². The number of carbonyl (C=O) groups excluding carboxylic acids is 1. The number of nitrogens with one attached hydrogen (secondary N) is 1. The van der Waals surface area contributed by atoms with E-state index in [0.29, 0.717) is 30.2 Å². The summed E-state index contributed by atoms with van der Waals surface area (Å²) in [6.07, 6.45) is -3.69. The molecule has 0 saturated heterocycles. The minimum atomic E-state index is -5.15. The molecule has 198 valence electrons. The number of nitrogens with zero attached hydrogens (tertiary/aromatic N) is 1. The van der Waals surface area contributed by atoms with Gasteiger partial charge in [-0.05, 0) is 48.2 Å². The Bertz CT molecular complexity index is 1080. The lowest BCUT2D eigenvalue weighted by molar-refractivity contribution is -0.275. The summed E-state index contributed by atoms with van der Waals surface area (Å²) < 4.78 is 71.3. The maximum absolute atomic E-state index is 14.8. The summed E-state index contributed by atoms with van der Waals surface area (Å²) in [5.41, 5.74) is 1.15. The number of Topliss-reactive ketones (excluding diaryl/α,β-unsaturated/α-hetero) is 1. The Morgan fingerprint density at radius 1 is 1.22 bits per heavy atom. The average molecular weight is 535 g/mol. The Morgan fingerprint density at radius 2 is 1.94 bits per heavy atom. The molecule has 2 unspecified atom stereocenters. The van der Waals surface area contributed by atoms with Gasteiger partial charge in [-0.3, -0.25) is 9.69 Å². The molecule has 1 aliphatic rings. The van der Waals surface area contributed by atoms with Crippen LogP contribution in [-0.4, -0.2) is 34.7 Å². The Morgan fingerprint density at radius 3 is 2.58 bits per heavy atom. The van der Waals surface area contributed by atoms with E-state index in [2.05, 4.69) is 10.1 Å². The molecule has 0 aromatic heterocycles. The van der Waals surface area contributed by atoms with Crippen molar-refractivity contribution in [3.8, 4) is 5.75 Å². The molecular formula is C25H28ClF5N2O3. The quantitative estimate of drug-likeness (QED) is 0.342. The van der Waals surface area contributed by atoms with E-state index in [0.717, 1.165) is 30.5 Å². The molecule has 36 heavy (non-hydrogen) atoms. The number of halogens is 6. The van der Waals surface area contributed by atoms with Gasteiger partial charge in [-0.15, -0.1) is 13.2 Å². The highest BCUT2D eigenvalue weighted by atomic mass is 35.5. The summed E-state index contributed by atoms with van der Waals surface area (Å²) in [6, 6.07) is 7.29. The Balaban J connectivity index is 1.68. The van der Waals surface area contributed by atoms with Crippen molar-refractivity contribution in [3.05, 3.63) is 63.7 Å². The summed E-state index contributed by atoms with van der Waals surface area (Å²) in [7, 11) is 0. The fraction of sp³-hybridized carbons (Fsp3) is 0.480. The van der Waals surface area contributed by atoms with Crippen LogP contribution in [0.25, 0.3) is 0 Å². The molecule has 2 atom stereocenters. The van der Waals surface area contributed by atoms with Gasteiger partial charge in [0.2, 0.25) is 0 Å². The van der Waals surface area contributed by atoms with Crippen LogP contribution >= 0.6 is 11.6 Å². The van der Waals surface area contributed by atoms with Gasteiger partial charge in [-0.2, -0.15) is 8.78 Å². The van der Waals surface area contributed by atoms with Gasteiger partial charge in [0.15, 0.2) is 0 Å². The fourth-order valence-electron chi connectivity index (χ4n) is 4.37. The van der Waals surface area contributed by atoms with Crippen LogP contribution in [0.15, 0.2) is 36.4 Å². The maximum Gasteiger partial charge on any atom is 0.573 e. The number of unbranched alkanes of at least 4 members (excludes halogenated alkanes) is 1. The van der Waals surface area contributed by atoms with Crippen LogP contribution in [0, 0.1) is 0 Å². The molecule has 0 radical (unpaired) electrons. The van der Waals surface area contributed by atoms with E-state index in [1.165, 1.54) is 6.92 Å². The van der Waals surface area contributed by atoms with Gasteiger partial charge < -0.3 is 15.2 Å². The number of benzene rings is 2. The number of ether oxygens (including phenoxy) is 1. The van der Waals surface area contributed by atoms with Crippen molar-refractivity contribution in [2.45, 2.75) is 70.8 Å². The molecule has 2 aromatic carbocycles. The maximum atomic E-state index is 14.8. The number of hydrogen-bond acceptors (Lipinski definition) is 5. The highest BCUT2D eigenvalue weighted by molar-refractivity contribution is 6.30. The van der Waals surface area contributed by atoms with Crippen LogP contribution < -0.4 is 10.1 Å². The lowest BCUT2D eigenvalue weighted by atomic mass is 10.0. The van der Waals surface area contributed by atoms with E-state index >= 15 is 0 Å². The lowest BCUT2D eigenvalue weighted by Crippen LogP contribution is -2.39. The predicted molar refractivity (Wildman–Crippen MR) is 125 cm³/mol. The van der Waals surface area contributed by atoms with Crippen LogP contribution in [0.3, 0.4) is 0 Å². The number of rotatable bonds is 11. The standard InChI is InChI=1S/C25H28ClF5N2O3/c1-3-4-5-21(15(2)34)33-13-17-10-16(6-8-19(17)23(33)35)12-32-14-24(27,28)20-9-7-18(26)11-22(20)36-25(29,30)31/h6-11,21,23,32,35H,3-5,12-14H2,1-2H3. The topological polar surface area (TPSA) is 61.8 Å². The molecule has 0 fully saturated rings. The second kappa shape index (κ2) is 11.4. The number of ketones is 1. The molecule has 5 nitrogen and oxygen atoms in total. The molecule has 1 heterocycles. The normalized spacial score (nSPS) is 17.2. The van der Waals surface area contributed by atoms with E-state index in [1.807, 2.05) is 6.92 Å². The Hall–Kier alpha value is -2.27. The Labute approximate surface area is 211 Å². The molecule has 0 saturated carbocycles. The van der Waals surface area contributed by atoms with Crippen molar-refractivity contribution < 1.29 is 36.6 Å². The van der Waals surface area contributed by atoms with Crippen molar-refractivity contribution in [2.75, 3.05) is 6.54 Å². The van der Waals surface area contributed by atoms with Crippen LogP contribution in [-0.2, 0) is 23.8 Å². The van der Waals surface area contributed by atoms with Crippen molar-refractivity contribution >= 4 is 17.4 Å². The number of carbonyl (C=O) groups is 1. The third-order valence-corrected chi connectivity index (χ3v) is 6.33. The number of aliphatic hydroxyl groups excluding tert-OH is 1. The molecule has 11 heteroatoms. The molecule has 2 N–H and O–H groups in total. The van der Waals surface area contributed by atoms with E-state index < -0.39 is 42.4 Å². The zero-order valence-electron chi connectivity index (χ0n) is 19.8. The van der Waals surface area contributed by atoms with E-state index in [-0.39, 0.29) is 17.4 Å². The average Bonchev–Trinajstić information content (AvgIpc) is 3.08. The van der Waals surface area contributed by atoms with E-state index in [1.54, 1.807) is 23.1 Å². The summed E-state index contributed by atoms with van der Waals surface area (Å²) >= 11 is 5.66. The van der Waals surface area contributed by atoms with Gasteiger partial charge in [0.25, 0.3) is 5.92 Å². The van der Waals surface area contributed by atoms with Crippen LogP contribution in [0.5, 0.6) is 5.75 Å². The van der Waals surface area contributed by atoms with Crippen molar-refractivity contribution in [1.29, 1.82) is 0 Å². The van der Waals surface area contributed by atoms with Gasteiger partial charge in [0.05, 0.1) is 18.2 Å². The molecule has 3 rings (SSSR count). The third-order valence-electron chi connectivity index (χ3n) is 6.09. The largest absolute Gasteiger partial charge is 0.573 e. The van der Waals surface area contributed by atoms with Crippen molar-refractivity contribution in [3.63, 3.8) is 0 Å². The first kappa shape index (κ1) is 28.3. The molecule has 0 bridgehead atoms. The summed E-state index contributed by atoms with van der Waals surface area (Å²) in [5, 5.41) is 13.2. The van der Waals surface area contributed by atoms with Crippen LogP contribution in [0.2, 0.25) is 5.02 Å². The number of hydrogen-bond donors (Lipinski definition) is 2. The summed E-state index contributed by atoms with van der Waals surface area (Å²) in [4.78, 5) is 13.9. The molecular weight excluding hydrogens is 507 g/mol. The smallest absolute Gasteiger partial charge is 0.405 e. The molecule has 0 spiro atoms. The first-order valence-corrected chi connectivity index (χ1v) is 11.9. The van der Waals surface area contributed by atoms with Gasteiger partial charge in [-0.1, -0.05) is 49.6 Å². The second-order valence-corrected chi connectivity index (χ2v) is 9.28. The SMILES string of the molecule is CCCCC(C(C)=O)N1Cc2cc(CNCC(F)(F)c3ccc(Cl)cc3OC(F)(F)F)ccc2C1O. The van der Waals surface area contributed by atoms with E-state index in [9.17, 15) is 31.9 Å². The first-order chi connectivity index (χ1) is 16.8. The zero-order chi connectivity index (χ0) is 26.7.